The van der Waals surface area contributed by atoms with Crippen LogP contribution in [0.25, 0.3) is 22.6 Å². The first-order chi connectivity index (χ1) is 16.3. The van der Waals surface area contributed by atoms with Gasteiger partial charge in [0, 0.05) is 18.4 Å². The van der Waals surface area contributed by atoms with Crippen molar-refractivity contribution < 1.29 is 0 Å². The third-order valence-corrected chi connectivity index (χ3v) is 5.50. The van der Waals surface area contributed by atoms with Gasteiger partial charge in [-0.15, -0.1) is 0 Å². The first-order valence-electron chi connectivity index (χ1n) is 11.4. The smallest absolute Gasteiger partial charge is 0.295 e. The van der Waals surface area contributed by atoms with Crippen LogP contribution in [0.4, 0.5) is 11.8 Å². The monoisotopic (exact) mass is 459 g/mol. The number of rotatable bonds is 7. The summed E-state index contributed by atoms with van der Waals surface area (Å²) in [5.41, 5.74) is 9.91. The van der Waals surface area contributed by atoms with Crippen molar-refractivity contribution in [3.63, 3.8) is 0 Å². The highest BCUT2D eigenvalue weighted by molar-refractivity contribution is 5.74. The summed E-state index contributed by atoms with van der Waals surface area (Å²) in [7, 11) is 0. The minimum atomic E-state index is -0.255. The third kappa shape index (κ3) is 4.57. The molecule has 10 nitrogen and oxygen atoms in total. The molecule has 0 saturated carbocycles. The first-order valence-corrected chi connectivity index (χ1v) is 11.4. The van der Waals surface area contributed by atoms with Gasteiger partial charge in [-0.25, -0.2) is 24.9 Å². The summed E-state index contributed by atoms with van der Waals surface area (Å²) in [5, 5.41) is 3.13. The second-order valence-electron chi connectivity index (χ2n) is 8.68. The van der Waals surface area contributed by atoms with Crippen molar-refractivity contribution in [1.82, 2.24) is 34.5 Å². The lowest BCUT2D eigenvalue weighted by molar-refractivity contribution is 0.593. The molecule has 0 amide bonds. The van der Waals surface area contributed by atoms with Gasteiger partial charge in [0.05, 0.1) is 29.7 Å². The quantitative estimate of drug-likeness (QED) is 0.425. The molecule has 0 spiro atoms. The summed E-state index contributed by atoms with van der Waals surface area (Å²) in [6.07, 6.45) is 6.01. The Labute approximate surface area is 197 Å². The minimum Gasteiger partial charge on any atom is -0.368 e. The van der Waals surface area contributed by atoms with Crippen molar-refractivity contribution in [3.05, 3.63) is 58.0 Å². The fourth-order valence-electron chi connectivity index (χ4n) is 3.69. The number of pyridine rings is 1. The summed E-state index contributed by atoms with van der Waals surface area (Å²) in [6, 6.07) is 3.84. The standard InChI is InChI=1S/C24H29N9O/c1-6-15-7-8-16(26-9-15)10-27-21-23(34)33(14(4)5)22-18(30-21)12-28-20(32-22)17-11-29-24(25)31-19(17)13(2)3/h7-9,11-14H,6,10H2,1-5H3,(H,27,30)(H2,25,29,31). The van der Waals surface area contributed by atoms with Gasteiger partial charge < -0.3 is 11.1 Å². The van der Waals surface area contributed by atoms with Crippen LogP contribution < -0.4 is 16.6 Å². The molecule has 0 aliphatic carbocycles. The van der Waals surface area contributed by atoms with Crippen molar-refractivity contribution in [1.29, 1.82) is 0 Å². The van der Waals surface area contributed by atoms with Crippen molar-refractivity contribution >= 4 is 22.9 Å². The van der Waals surface area contributed by atoms with Crippen LogP contribution in [0.1, 0.15) is 63.5 Å². The number of fused-ring (bicyclic) bond motifs is 1. The molecule has 10 heteroatoms. The topological polar surface area (TPSA) is 137 Å². The number of aromatic nitrogens is 7. The maximum atomic E-state index is 13.3. The zero-order valence-corrected chi connectivity index (χ0v) is 20.1. The van der Waals surface area contributed by atoms with Gasteiger partial charge >= 0.3 is 0 Å². The molecule has 4 aromatic heterocycles. The van der Waals surface area contributed by atoms with E-state index in [0.717, 1.165) is 23.4 Å². The lowest BCUT2D eigenvalue weighted by atomic mass is 10.0. The summed E-state index contributed by atoms with van der Waals surface area (Å²) in [5.74, 6) is 0.949. The number of nitrogens with one attached hydrogen (secondary N) is 1. The normalized spacial score (nSPS) is 11.5. The average Bonchev–Trinajstić information content (AvgIpc) is 2.82. The highest BCUT2D eigenvalue weighted by atomic mass is 16.1. The molecule has 4 heterocycles. The summed E-state index contributed by atoms with van der Waals surface area (Å²) in [6.45, 7) is 10.4. The molecule has 0 aromatic carbocycles. The van der Waals surface area contributed by atoms with Crippen molar-refractivity contribution in [3.8, 4) is 11.4 Å². The van der Waals surface area contributed by atoms with Crippen LogP contribution in [0.2, 0.25) is 0 Å². The van der Waals surface area contributed by atoms with Gasteiger partial charge in [0.1, 0.15) is 5.52 Å². The van der Waals surface area contributed by atoms with E-state index in [1.54, 1.807) is 17.0 Å². The van der Waals surface area contributed by atoms with Crippen LogP contribution in [0.5, 0.6) is 0 Å². The number of nitrogens with zero attached hydrogens (tertiary/aromatic N) is 7. The second kappa shape index (κ2) is 9.50. The molecule has 0 aliphatic rings. The highest BCUT2D eigenvalue weighted by Crippen LogP contribution is 2.26. The fourth-order valence-corrected chi connectivity index (χ4v) is 3.69. The van der Waals surface area contributed by atoms with E-state index in [1.165, 1.54) is 0 Å². The summed E-state index contributed by atoms with van der Waals surface area (Å²) in [4.78, 5) is 40.0. The molecule has 0 bridgehead atoms. The molecule has 176 valence electrons. The molecule has 0 radical (unpaired) electrons. The molecule has 0 unspecified atom stereocenters. The highest BCUT2D eigenvalue weighted by Gasteiger charge is 2.19. The van der Waals surface area contributed by atoms with Crippen LogP contribution in [0.3, 0.4) is 0 Å². The zero-order valence-electron chi connectivity index (χ0n) is 20.1. The Morgan fingerprint density at radius 1 is 1.00 bits per heavy atom. The predicted molar refractivity (Wildman–Crippen MR) is 132 cm³/mol. The van der Waals surface area contributed by atoms with E-state index in [2.05, 4.69) is 37.2 Å². The molecule has 4 aromatic rings. The van der Waals surface area contributed by atoms with Crippen LogP contribution in [-0.4, -0.2) is 34.5 Å². The van der Waals surface area contributed by atoms with Gasteiger partial charge in [0.2, 0.25) is 5.95 Å². The van der Waals surface area contributed by atoms with E-state index in [-0.39, 0.29) is 29.3 Å². The Morgan fingerprint density at radius 3 is 2.44 bits per heavy atom. The van der Waals surface area contributed by atoms with E-state index in [0.29, 0.717) is 29.1 Å². The number of nitrogen functional groups attached to an aromatic ring is 1. The number of aryl methyl sites for hydroxylation is 1. The van der Waals surface area contributed by atoms with Crippen molar-refractivity contribution in [2.45, 2.75) is 59.5 Å². The summed E-state index contributed by atoms with van der Waals surface area (Å²) < 4.78 is 1.62. The molecular formula is C24H29N9O. The Balaban J connectivity index is 1.76. The summed E-state index contributed by atoms with van der Waals surface area (Å²) >= 11 is 0. The van der Waals surface area contributed by atoms with Crippen molar-refractivity contribution in [2.75, 3.05) is 11.1 Å². The fraction of sp³-hybridized carbons (Fsp3) is 0.375. The van der Waals surface area contributed by atoms with Gasteiger partial charge in [0.15, 0.2) is 17.3 Å². The largest absolute Gasteiger partial charge is 0.368 e. The molecule has 4 rings (SSSR count). The Morgan fingerprint density at radius 2 is 1.79 bits per heavy atom. The van der Waals surface area contributed by atoms with Gasteiger partial charge in [0.25, 0.3) is 5.56 Å². The van der Waals surface area contributed by atoms with Crippen LogP contribution in [0, 0.1) is 0 Å². The first kappa shape index (κ1) is 23.2. The molecule has 0 fully saturated rings. The lowest BCUT2D eigenvalue weighted by Crippen LogP contribution is -2.27. The third-order valence-electron chi connectivity index (χ3n) is 5.50. The van der Waals surface area contributed by atoms with Crippen LogP contribution in [0.15, 0.2) is 35.5 Å². The Hall–Kier alpha value is -3.95. The van der Waals surface area contributed by atoms with Gasteiger partial charge in [-0.05, 0) is 37.8 Å². The van der Waals surface area contributed by atoms with E-state index >= 15 is 0 Å². The minimum absolute atomic E-state index is 0.0941. The lowest BCUT2D eigenvalue weighted by Gasteiger charge is -2.16. The van der Waals surface area contributed by atoms with Crippen LogP contribution in [-0.2, 0) is 13.0 Å². The maximum Gasteiger partial charge on any atom is 0.295 e. The molecule has 0 aliphatic heterocycles. The number of hydrogen-bond acceptors (Lipinski definition) is 9. The van der Waals surface area contributed by atoms with Gasteiger partial charge in [-0.3, -0.25) is 14.3 Å². The number of anilines is 2. The van der Waals surface area contributed by atoms with E-state index in [9.17, 15) is 4.79 Å². The Kier molecular flexibility index (Phi) is 6.49. The van der Waals surface area contributed by atoms with Gasteiger partial charge in [-0.1, -0.05) is 26.8 Å². The van der Waals surface area contributed by atoms with Crippen LogP contribution >= 0.6 is 0 Å². The molecular weight excluding hydrogens is 430 g/mol. The van der Waals surface area contributed by atoms with E-state index < -0.39 is 0 Å². The average molecular weight is 460 g/mol. The number of hydrogen-bond donors (Lipinski definition) is 2. The second-order valence-corrected chi connectivity index (χ2v) is 8.68. The van der Waals surface area contributed by atoms with E-state index in [4.69, 9.17) is 10.7 Å². The maximum absolute atomic E-state index is 13.3. The van der Waals surface area contributed by atoms with E-state index in [1.807, 2.05) is 46.0 Å². The molecule has 0 saturated heterocycles. The van der Waals surface area contributed by atoms with Gasteiger partial charge in [-0.2, -0.15) is 0 Å². The molecule has 34 heavy (non-hydrogen) atoms. The Bertz CT molecular complexity index is 1380. The van der Waals surface area contributed by atoms with Crippen molar-refractivity contribution in [2.24, 2.45) is 0 Å². The zero-order chi connectivity index (χ0) is 24.4. The SMILES string of the molecule is CCc1ccc(CNc2nc3cnc(-c4cnc(N)nc4C(C)C)nc3n(C(C)C)c2=O)nc1. The predicted octanol–water partition coefficient (Wildman–Crippen LogP) is 3.50. The molecule has 0 atom stereocenters. The number of nitrogens with two attached hydrogens (primary N) is 1. The molecule has 3 N–H and O–H groups in total.